The van der Waals surface area contributed by atoms with Crippen molar-refractivity contribution in [2.24, 2.45) is 5.92 Å². The van der Waals surface area contributed by atoms with E-state index in [1.807, 2.05) is 6.08 Å². The maximum Gasteiger partial charge on any atom is 0.229 e. The Morgan fingerprint density at radius 2 is 2.09 bits per heavy atom. The van der Waals surface area contributed by atoms with Crippen LogP contribution in [-0.2, 0) is 14.8 Å². The van der Waals surface area contributed by atoms with Crippen LogP contribution >= 0.6 is 0 Å². The summed E-state index contributed by atoms with van der Waals surface area (Å²) in [6.07, 6.45) is 7.61. The molecule has 1 atom stereocenters. The van der Waals surface area contributed by atoms with Gasteiger partial charge in [0.1, 0.15) is 5.75 Å². The molecule has 0 saturated heterocycles. The van der Waals surface area contributed by atoms with Crippen LogP contribution in [0.4, 0.5) is 11.4 Å². The molecule has 120 valence electrons. The quantitative estimate of drug-likeness (QED) is 0.814. The molecule has 1 aromatic carbocycles. The van der Waals surface area contributed by atoms with Crippen molar-refractivity contribution in [1.82, 2.24) is 0 Å². The first kappa shape index (κ1) is 16.4. The minimum Gasteiger partial charge on any atom is -0.495 e. The molecule has 7 heteroatoms. The van der Waals surface area contributed by atoms with E-state index >= 15 is 0 Å². The molecule has 2 N–H and O–H groups in total. The smallest absolute Gasteiger partial charge is 0.229 e. The number of amides is 1. The second-order valence-electron chi connectivity index (χ2n) is 5.26. The summed E-state index contributed by atoms with van der Waals surface area (Å²) in [5, 5.41) is 2.83. The third kappa shape index (κ3) is 4.49. The summed E-state index contributed by atoms with van der Waals surface area (Å²) in [7, 11) is -1.97. The summed E-state index contributed by atoms with van der Waals surface area (Å²) in [6.45, 7) is 0. The third-order valence-corrected chi connectivity index (χ3v) is 3.99. The monoisotopic (exact) mass is 324 g/mol. The van der Waals surface area contributed by atoms with Crippen molar-refractivity contribution < 1.29 is 17.9 Å². The van der Waals surface area contributed by atoms with Crippen molar-refractivity contribution in [1.29, 1.82) is 0 Å². The number of hydrogen-bond acceptors (Lipinski definition) is 4. The van der Waals surface area contributed by atoms with E-state index in [1.165, 1.54) is 7.11 Å². The summed E-state index contributed by atoms with van der Waals surface area (Å²) in [6, 6.07) is 4.85. The summed E-state index contributed by atoms with van der Waals surface area (Å²) in [4.78, 5) is 12.2. The molecule has 1 amide bonds. The van der Waals surface area contributed by atoms with Gasteiger partial charge in [0, 0.05) is 11.6 Å². The van der Waals surface area contributed by atoms with E-state index in [0.29, 0.717) is 17.1 Å². The number of methoxy groups -OCH3 is 1. The molecule has 0 spiro atoms. The second-order valence-corrected chi connectivity index (χ2v) is 7.01. The molecular weight excluding hydrogens is 304 g/mol. The Bertz CT molecular complexity index is 683. The molecule has 1 aromatic rings. The fourth-order valence-electron chi connectivity index (χ4n) is 2.34. The number of benzene rings is 1. The van der Waals surface area contributed by atoms with Crippen LogP contribution in [0, 0.1) is 5.92 Å². The lowest BCUT2D eigenvalue weighted by Crippen LogP contribution is -2.23. The third-order valence-electron chi connectivity index (χ3n) is 3.40. The van der Waals surface area contributed by atoms with Gasteiger partial charge < -0.3 is 10.1 Å². The molecule has 1 aliphatic rings. The zero-order valence-electron chi connectivity index (χ0n) is 12.6. The van der Waals surface area contributed by atoms with Crippen molar-refractivity contribution in [3.63, 3.8) is 0 Å². The molecule has 0 fully saturated rings. The molecule has 0 radical (unpaired) electrons. The molecule has 1 aliphatic carbocycles. The van der Waals surface area contributed by atoms with Gasteiger partial charge in [0.25, 0.3) is 0 Å². The van der Waals surface area contributed by atoms with Gasteiger partial charge in [0.2, 0.25) is 15.9 Å². The number of carbonyl (C=O) groups is 1. The van der Waals surface area contributed by atoms with Gasteiger partial charge in [-0.25, -0.2) is 8.42 Å². The Labute approximate surface area is 130 Å². The Balaban J connectivity index is 2.15. The van der Waals surface area contributed by atoms with E-state index in [0.717, 1.165) is 25.5 Å². The van der Waals surface area contributed by atoms with Crippen molar-refractivity contribution in [2.45, 2.75) is 19.3 Å². The number of hydrogen-bond donors (Lipinski definition) is 2. The van der Waals surface area contributed by atoms with Gasteiger partial charge in [-0.1, -0.05) is 12.2 Å². The van der Waals surface area contributed by atoms with Gasteiger partial charge in [-0.3, -0.25) is 9.52 Å². The van der Waals surface area contributed by atoms with E-state index < -0.39 is 10.0 Å². The highest BCUT2D eigenvalue weighted by Crippen LogP contribution is 2.29. The summed E-state index contributed by atoms with van der Waals surface area (Å²) in [5.41, 5.74) is 0.831. The highest BCUT2D eigenvalue weighted by atomic mass is 32.2. The molecule has 22 heavy (non-hydrogen) atoms. The van der Waals surface area contributed by atoms with Gasteiger partial charge >= 0.3 is 0 Å². The Morgan fingerprint density at radius 3 is 2.68 bits per heavy atom. The lowest BCUT2D eigenvalue weighted by molar-refractivity contribution is -0.120. The predicted octanol–water partition coefficient (Wildman–Crippen LogP) is 2.36. The van der Waals surface area contributed by atoms with Gasteiger partial charge in [0.05, 0.1) is 19.1 Å². The minimum absolute atomic E-state index is 0.0431. The van der Waals surface area contributed by atoms with Crippen LogP contribution < -0.4 is 14.8 Å². The first-order valence-electron chi connectivity index (χ1n) is 7.01. The first-order valence-corrected chi connectivity index (χ1v) is 8.90. The summed E-state index contributed by atoms with van der Waals surface area (Å²) in [5.74, 6) is 0.294. The van der Waals surface area contributed by atoms with Crippen LogP contribution in [0.1, 0.15) is 19.3 Å². The number of carbonyl (C=O) groups excluding carboxylic acids is 1. The maximum absolute atomic E-state index is 12.2. The number of rotatable bonds is 5. The highest BCUT2D eigenvalue weighted by molar-refractivity contribution is 7.92. The van der Waals surface area contributed by atoms with Gasteiger partial charge in [0.15, 0.2) is 0 Å². The molecule has 0 aromatic heterocycles. The standard InChI is InChI=1S/C15H20N2O4S/c1-21-14-9-8-12(10-13(14)17-22(2,19)20)16-15(18)11-6-4-3-5-7-11/h3-4,8-11,17H,5-7H2,1-2H3,(H,16,18). The van der Waals surface area contributed by atoms with Crippen molar-refractivity contribution in [3.8, 4) is 5.75 Å². The Kier molecular flexibility index (Phi) is 5.07. The first-order chi connectivity index (χ1) is 10.4. The van der Waals surface area contributed by atoms with Crippen LogP contribution in [0.25, 0.3) is 0 Å². The van der Waals surface area contributed by atoms with E-state index in [4.69, 9.17) is 4.74 Å². The molecule has 1 unspecified atom stereocenters. The predicted molar refractivity (Wildman–Crippen MR) is 86.6 cm³/mol. The van der Waals surface area contributed by atoms with E-state index in [1.54, 1.807) is 18.2 Å². The van der Waals surface area contributed by atoms with Crippen molar-refractivity contribution >= 4 is 27.3 Å². The topological polar surface area (TPSA) is 84.5 Å². The summed E-state index contributed by atoms with van der Waals surface area (Å²) < 4.78 is 30.3. The maximum atomic E-state index is 12.2. The number of ether oxygens (including phenoxy) is 1. The van der Waals surface area contributed by atoms with Crippen LogP contribution in [0.3, 0.4) is 0 Å². The van der Waals surface area contributed by atoms with E-state index in [2.05, 4.69) is 16.1 Å². The average Bonchev–Trinajstić information content (AvgIpc) is 2.47. The van der Waals surface area contributed by atoms with Crippen molar-refractivity contribution in [3.05, 3.63) is 30.4 Å². The molecule has 0 bridgehead atoms. The lowest BCUT2D eigenvalue weighted by Gasteiger charge is -2.18. The van der Waals surface area contributed by atoms with Crippen LogP contribution in [0.2, 0.25) is 0 Å². The van der Waals surface area contributed by atoms with Crippen LogP contribution in [-0.4, -0.2) is 27.7 Å². The largest absolute Gasteiger partial charge is 0.495 e. The second kappa shape index (κ2) is 6.83. The van der Waals surface area contributed by atoms with Crippen LogP contribution in [0.15, 0.2) is 30.4 Å². The highest BCUT2D eigenvalue weighted by Gasteiger charge is 2.19. The SMILES string of the molecule is COc1ccc(NC(=O)C2CC=CCC2)cc1NS(C)(=O)=O. The summed E-state index contributed by atoms with van der Waals surface area (Å²) >= 11 is 0. The Morgan fingerprint density at radius 1 is 1.32 bits per heavy atom. The molecular formula is C15H20N2O4S. The van der Waals surface area contributed by atoms with E-state index in [-0.39, 0.29) is 11.8 Å². The lowest BCUT2D eigenvalue weighted by atomic mass is 9.93. The molecule has 0 saturated carbocycles. The molecule has 0 heterocycles. The number of anilines is 2. The fourth-order valence-corrected chi connectivity index (χ4v) is 2.90. The van der Waals surface area contributed by atoms with Gasteiger partial charge in [-0.15, -0.1) is 0 Å². The molecule has 6 nitrogen and oxygen atoms in total. The van der Waals surface area contributed by atoms with Gasteiger partial charge in [-0.05, 0) is 37.5 Å². The number of sulfonamides is 1. The van der Waals surface area contributed by atoms with Crippen molar-refractivity contribution in [2.75, 3.05) is 23.4 Å². The number of nitrogens with one attached hydrogen (secondary N) is 2. The van der Waals surface area contributed by atoms with E-state index in [9.17, 15) is 13.2 Å². The Hall–Kier alpha value is -2.02. The number of allylic oxidation sites excluding steroid dienone is 2. The van der Waals surface area contributed by atoms with Crippen LogP contribution in [0.5, 0.6) is 5.75 Å². The fraction of sp³-hybridized carbons (Fsp3) is 0.400. The molecule has 0 aliphatic heterocycles. The zero-order valence-corrected chi connectivity index (χ0v) is 13.4. The normalized spacial score (nSPS) is 17.8. The zero-order chi connectivity index (χ0) is 16.2. The molecule has 2 rings (SSSR count). The minimum atomic E-state index is -3.43. The van der Waals surface area contributed by atoms with Gasteiger partial charge in [-0.2, -0.15) is 0 Å². The average molecular weight is 324 g/mol.